The van der Waals surface area contributed by atoms with Crippen LogP contribution in [0.4, 0.5) is 26.3 Å². The maximum absolute atomic E-state index is 11.4. The second kappa shape index (κ2) is 9.30. The van der Waals surface area contributed by atoms with E-state index in [1.54, 1.807) is 0 Å². The Morgan fingerprint density at radius 1 is 0.939 bits per heavy atom. The third-order valence-electron chi connectivity index (χ3n) is 6.28. The van der Waals surface area contributed by atoms with Gasteiger partial charge in [-0.25, -0.2) is 16.8 Å². The molecule has 1 aromatic rings. The summed E-state index contributed by atoms with van der Waals surface area (Å²) >= 11 is 0. The maximum atomic E-state index is 11.4. The standard InChI is InChI=1S/C16H24NO.C2F6NO4S2/c1-12-14-9-13(16(14,2)3)10-15(12)18-11-17-7-5-4-6-8-17;3-1(4,5)14(10,11)9-15(12,13)2(6,7)8/h4-8,12-15H,9-11H2,1-3H3;/q+1;-1. The molecule has 15 heteroatoms. The Labute approximate surface area is 188 Å². The van der Waals surface area contributed by atoms with Gasteiger partial charge in [0.2, 0.25) is 0 Å². The lowest BCUT2D eigenvalue weighted by Gasteiger charge is -2.61. The second-order valence-corrected chi connectivity index (χ2v) is 12.0. The summed E-state index contributed by atoms with van der Waals surface area (Å²) in [6.07, 6.45) is 7.26. The molecule has 2 bridgehead atoms. The quantitative estimate of drug-likeness (QED) is 0.426. The van der Waals surface area contributed by atoms with Gasteiger partial charge in [0.25, 0.3) is 6.73 Å². The van der Waals surface area contributed by atoms with Crippen LogP contribution in [0.25, 0.3) is 4.13 Å². The number of fused-ring (bicyclic) bond motifs is 2. The van der Waals surface area contributed by atoms with E-state index in [9.17, 15) is 43.2 Å². The number of hydrogen-bond donors (Lipinski definition) is 0. The van der Waals surface area contributed by atoms with Crippen molar-refractivity contribution >= 4 is 20.0 Å². The Morgan fingerprint density at radius 3 is 1.82 bits per heavy atom. The smallest absolute Gasteiger partial charge is 0.421 e. The van der Waals surface area contributed by atoms with Crippen LogP contribution in [-0.4, -0.2) is 34.0 Å². The highest BCUT2D eigenvalue weighted by molar-refractivity contribution is 8.13. The highest BCUT2D eigenvalue weighted by Crippen LogP contribution is 2.61. The van der Waals surface area contributed by atoms with E-state index < -0.39 is 31.1 Å². The van der Waals surface area contributed by atoms with Crippen LogP contribution in [0, 0.1) is 23.2 Å². The minimum absolute atomic E-state index is 0.453. The molecule has 3 aliphatic rings. The Morgan fingerprint density at radius 2 is 1.42 bits per heavy atom. The number of aromatic nitrogens is 1. The van der Waals surface area contributed by atoms with E-state index in [0.29, 0.717) is 24.2 Å². The van der Waals surface area contributed by atoms with Crippen LogP contribution < -0.4 is 4.57 Å². The van der Waals surface area contributed by atoms with E-state index in [4.69, 9.17) is 4.74 Å². The van der Waals surface area contributed by atoms with Crippen LogP contribution in [0.1, 0.15) is 33.6 Å². The molecule has 4 unspecified atom stereocenters. The van der Waals surface area contributed by atoms with Gasteiger partial charge in [0.05, 0.1) is 6.10 Å². The number of nitrogens with zero attached hydrogens (tertiary/aromatic N) is 2. The predicted octanol–water partition coefficient (Wildman–Crippen LogP) is 4.08. The lowest BCUT2D eigenvalue weighted by Crippen LogP contribution is -2.57. The first-order valence-corrected chi connectivity index (χ1v) is 12.6. The van der Waals surface area contributed by atoms with Crippen molar-refractivity contribution in [2.75, 3.05) is 0 Å². The van der Waals surface area contributed by atoms with Gasteiger partial charge in [0, 0.05) is 12.1 Å². The van der Waals surface area contributed by atoms with Crippen LogP contribution in [0.3, 0.4) is 0 Å². The summed E-state index contributed by atoms with van der Waals surface area (Å²) in [4.78, 5) is 0. The molecule has 0 radical (unpaired) electrons. The molecule has 4 atom stereocenters. The number of rotatable bonds is 5. The van der Waals surface area contributed by atoms with Gasteiger partial charge in [0.1, 0.15) is 0 Å². The topological polar surface area (TPSA) is 95.5 Å². The number of hydrogen-bond acceptors (Lipinski definition) is 5. The number of sulfonamides is 2. The molecule has 1 aromatic heterocycles. The molecular weight excluding hydrogens is 502 g/mol. The molecule has 1 heterocycles. The lowest BCUT2D eigenvalue weighted by atomic mass is 9.45. The summed E-state index contributed by atoms with van der Waals surface area (Å²) in [5.41, 5.74) is -11.9. The van der Waals surface area contributed by atoms with E-state index in [0.717, 1.165) is 16.0 Å². The molecule has 3 fully saturated rings. The summed E-state index contributed by atoms with van der Waals surface area (Å²) in [7, 11) is -13.4. The molecule has 3 saturated carbocycles. The van der Waals surface area contributed by atoms with E-state index in [2.05, 4.69) is 37.7 Å². The predicted molar refractivity (Wildman–Crippen MR) is 104 cm³/mol. The molecule has 0 N–H and O–H groups in total. The fraction of sp³-hybridized carbons (Fsp3) is 0.722. The average molecular weight is 527 g/mol. The van der Waals surface area contributed by atoms with Crippen molar-refractivity contribution in [1.82, 2.24) is 0 Å². The normalized spacial score (nSPS) is 27.2. The first-order valence-electron chi connectivity index (χ1n) is 9.72. The van der Waals surface area contributed by atoms with Gasteiger partial charge in [-0.05, 0) is 36.0 Å². The van der Waals surface area contributed by atoms with E-state index >= 15 is 0 Å². The third-order valence-corrected chi connectivity index (χ3v) is 9.02. The Kier molecular flexibility index (Phi) is 7.83. The zero-order valence-corrected chi connectivity index (χ0v) is 19.5. The van der Waals surface area contributed by atoms with E-state index in [1.807, 2.05) is 18.2 Å². The molecule has 3 aliphatic carbocycles. The number of pyridine rings is 1. The molecule has 0 saturated heterocycles. The van der Waals surface area contributed by atoms with Crippen molar-refractivity contribution < 1.29 is 52.5 Å². The summed E-state index contributed by atoms with van der Waals surface area (Å²) in [6, 6.07) is 6.14. The molecule has 0 aliphatic heterocycles. The highest BCUT2D eigenvalue weighted by Gasteiger charge is 2.56. The molecule has 190 valence electrons. The molecule has 0 aromatic carbocycles. The van der Waals surface area contributed by atoms with Crippen molar-refractivity contribution in [3.05, 3.63) is 34.7 Å². The SMILES string of the molecule is CC1C(OC[n+]2ccccc2)CC2CC1C2(C)C.O=S(=O)([N-]S(=O)(=O)C(F)(F)F)C(F)(F)F. The third kappa shape index (κ3) is 6.17. The molecule has 7 nitrogen and oxygen atoms in total. The van der Waals surface area contributed by atoms with E-state index in [1.165, 1.54) is 12.8 Å². The fourth-order valence-corrected chi connectivity index (χ4v) is 5.95. The zero-order chi connectivity index (χ0) is 25.5. The summed E-state index contributed by atoms with van der Waals surface area (Å²) in [5.74, 6) is 2.45. The number of ether oxygens (including phenoxy) is 1. The van der Waals surface area contributed by atoms with Gasteiger partial charge in [-0.15, -0.1) is 0 Å². The number of alkyl halides is 6. The van der Waals surface area contributed by atoms with E-state index in [-0.39, 0.29) is 0 Å². The van der Waals surface area contributed by atoms with Crippen molar-refractivity contribution in [1.29, 1.82) is 0 Å². The lowest BCUT2D eigenvalue weighted by molar-refractivity contribution is -0.735. The molecule has 4 rings (SSSR count). The Bertz CT molecular complexity index is 985. The van der Waals surface area contributed by atoms with Crippen molar-refractivity contribution in [2.24, 2.45) is 23.2 Å². The monoisotopic (exact) mass is 526 g/mol. The average Bonchev–Trinajstić information content (AvgIpc) is 2.65. The molecular formula is C18H24F6N2O5S2. The van der Waals surface area contributed by atoms with Crippen LogP contribution in [0.2, 0.25) is 0 Å². The van der Waals surface area contributed by atoms with Crippen LogP contribution >= 0.6 is 0 Å². The van der Waals surface area contributed by atoms with Crippen LogP contribution in [0.5, 0.6) is 0 Å². The van der Waals surface area contributed by atoms with Crippen molar-refractivity contribution in [3.63, 3.8) is 0 Å². The van der Waals surface area contributed by atoms with Gasteiger partial charge in [-0.3, -0.25) is 0 Å². The minimum Gasteiger partial charge on any atom is -0.421 e. The molecule has 0 amide bonds. The maximum Gasteiger partial charge on any atom is 0.480 e. The summed E-state index contributed by atoms with van der Waals surface area (Å²) < 4.78 is 117. The first-order chi connectivity index (χ1) is 14.8. The number of halogens is 6. The van der Waals surface area contributed by atoms with Crippen LogP contribution in [0.15, 0.2) is 30.6 Å². The minimum atomic E-state index is -6.72. The van der Waals surface area contributed by atoms with Crippen molar-refractivity contribution in [3.8, 4) is 0 Å². The second-order valence-electron chi connectivity index (χ2n) is 8.60. The van der Waals surface area contributed by atoms with Gasteiger partial charge < -0.3 is 8.86 Å². The van der Waals surface area contributed by atoms with Gasteiger partial charge in [0.15, 0.2) is 32.4 Å². The Balaban J connectivity index is 0.000000239. The van der Waals surface area contributed by atoms with Gasteiger partial charge >= 0.3 is 11.0 Å². The first kappa shape index (κ1) is 27.8. The highest BCUT2D eigenvalue weighted by atomic mass is 32.3. The molecule has 0 spiro atoms. The molecule has 33 heavy (non-hydrogen) atoms. The van der Waals surface area contributed by atoms with Crippen LogP contribution in [-0.2, 0) is 31.5 Å². The van der Waals surface area contributed by atoms with Gasteiger partial charge in [-0.2, -0.15) is 30.9 Å². The largest absolute Gasteiger partial charge is 0.480 e. The Hall–Kier alpha value is -1.45. The van der Waals surface area contributed by atoms with Crippen molar-refractivity contribution in [2.45, 2.75) is 57.5 Å². The summed E-state index contributed by atoms with van der Waals surface area (Å²) in [5, 5.41) is 0. The summed E-state index contributed by atoms with van der Waals surface area (Å²) in [6.45, 7) is 7.94. The zero-order valence-electron chi connectivity index (χ0n) is 17.8. The van der Waals surface area contributed by atoms with Gasteiger partial charge in [-0.1, -0.05) is 26.8 Å². The fourth-order valence-electron chi connectivity index (χ4n) is 4.24.